The van der Waals surface area contributed by atoms with Gasteiger partial charge in [0, 0.05) is 6.54 Å². The van der Waals surface area contributed by atoms with Crippen molar-refractivity contribution in [3.63, 3.8) is 0 Å². The van der Waals surface area contributed by atoms with E-state index in [0.717, 1.165) is 31.0 Å². The van der Waals surface area contributed by atoms with E-state index in [4.69, 9.17) is 9.47 Å². The third-order valence-electron chi connectivity index (χ3n) is 3.02. The van der Waals surface area contributed by atoms with Gasteiger partial charge in [-0.15, -0.1) is 0 Å². The lowest BCUT2D eigenvalue weighted by molar-refractivity contribution is 0.314. The lowest BCUT2D eigenvalue weighted by Crippen LogP contribution is -2.23. The van der Waals surface area contributed by atoms with E-state index >= 15 is 0 Å². The highest BCUT2D eigenvalue weighted by Gasteiger charge is 1.96. The highest BCUT2D eigenvalue weighted by atomic mass is 16.5. The molecule has 0 radical (unpaired) electrons. The molecule has 0 aliphatic rings. The predicted molar refractivity (Wildman–Crippen MR) is 81.5 cm³/mol. The molecule has 0 atom stereocenters. The molecule has 0 fully saturated rings. The summed E-state index contributed by atoms with van der Waals surface area (Å²) >= 11 is 0. The number of ether oxygens (including phenoxy) is 2. The van der Waals surface area contributed by atoms with Crippen LogP contribution >= 0.6 is 0 Å². The summed E-state index contributed by atoms with van der Waals surface area (Å²) in [7, 11) is 1.69. The van der Waals surface area contributed by atoms with Crippen molar-refractivity contribution >= 4 is 0 Å². The average Bonchev–Trinajstić information content (AvgIpc) is 2.52. The molecular formula is C17H21NO2. The number of methoxy groups -OCH3 is 1. The summed E-state index contributed by atoms with van der Waals surface area (Å²) in [4.78, 5) is 0. The van der Waals surface area contributed by atoms with E-state index in [1.807, 2.05) is 42.5 Å². The highest BCUT2D eigenvalue weighted by Crippen LogP contribution is 2.12. The van der Waals surface area contributed by atoms with Crippen LogP contribution in [0.1, 0.15) is 5.56 Å². The molecule has 3 heteroatoms. The van der Waals surface area contributed by atoms with E-state index < -0.39 is 0 Å². The Labute approximate surface area is 120 Å². The predicted octanol–water partition coefficient (Wildman–Crippen LogP) is 2.91. The molecule has 3 nitrogen and oxygen atoms in total. The summed E-state index contributed by atoms with van der Waals surface area (Å²) in [5.74, 6) is 1.83. The fraction of sp³-hybridized carbons (Fsp3) is 0.294. The number of hydrogen-bond acceptors (Lipinski definition) is 3. The molecule has 0 aliphatic carbocycles. The molecule has 0 heterocycles. The number of nitrogens with one attached hydrogen (secondary N) is 1. The van der Waals surface area contributed by atoms with Crippen molar-refractivity contribution in [1.82, 2.24) is 5.32 Å². The van der Waals surface area contributed by atoms with Gasteiger partial charge in [-0.3, -0.25) is 0 Å². The van der Waals surface area contributed by atoms with Crippen molar-refractivity contribution < 1.29 is 9.47 Å². The van der Waals surface area contributed by atoms with E-state index in [9.17, 15) is 0 Å². The summed E-state index contributed by atoms with van der Waals surface area (Å²) in [6, 6.07) is 18.0. The largest absolute Gasteiger partial charge is 0.497 e. The molecule has 0 aromatic heterocycles. The van der Waals surface area contributed by atoms with E-state index in [0.29, 0.717) is 6.61 Å². The minimum absolute atomic E-state index is 0.683. The molecule has 2 aromatic carbocycles. The van der Waals surface area contributed by atoms with E-state index in [1.165, 1.54) is 5.56 Å². The third kappa shape index (κ3) is 4.94. The van der Waals surface area contributed by atoms with Crippen LogP contribution in [0.5, 0.6) is 11.5 Å². The zero-order valence-corrected chi connectivity index (χ0v) is 11.8. The second-order valence-corrected chi connectivity index (χ2v) is 4.51. The van der Waals surface area contributed by atoms with Crippen molar-refractivity contribution in [3.05, 3.63) is 60.2 Å². The van der Waals surface area contributed by atoms with Crippen molar-refractivity contribution in [2.24, 2.45) is 0 Å². The lowest BCUT2D eigenvalue weighted by atomic mass is 10.1. The molecule has 2 rings (SSSR count). The van der Waals surface area contributed by atoms with Gasteiger partial charge in [0.2, 0.25) is 0 Å². The first-order valence-corrected chi connectivity index (χ1v) is 6.90. The smallest absolute Gasteiger partial charge is 0.119 e. The Morgan fingerprint density at radius 3 is 2.50 bits per heavy atom. The molecule has 1 N–H and O–H groups in total. The van der Waals surface area contributed by atoms with Crippen LogP contribution in [-0.2, 0) is 6.42 Å². The summed E-state index contributed by atoms with van der Waals surface area (Å²) in [6.45, 7) is 2.46. The Balaban J connectivity index is 1.59. The van der Waals surface area contributed by atoms with Gasteiger partial charge >= 0.3 is 0 Å². The molecule has 0 saturated carbocycles. The maximum Gasteiger partial charge on any atom is 0.119 e. The fourth-order valence-electron chi connectivity index (χ4n) is 1.94. The maximum absolute atomic E-state index is 5.61. The van der Waals surface area contributed by atoms with Gasteiger partial charge in [-0.25, -0.2) is 0 Å². The van der Waals surface area contributed by atoms with Crippen molar-refractivity contribution in [2.75, 3.05) is 26.8 Å². The zero-order valence-electron chi connectivity index (χ0n) is 11.8. The maximum atomic E-state index is 5.61. The van der Waals surface area contributed by atoms with Crippen molar-refractivity contribution in [2.45, 2.75) is 6.42 Å². The third-order valence-corrected chi connectivity index (χ3v) is 3.02. The topological polar surface area (TPSA) is 30.5 Å². The minimum Gasteiger partial charge on any atom is -0.497 e. The van der Waals surface area contributed by atoms with Gasteiger partial charge < -0.3 is 14.8 Å². The van der Waals surface area contributed by atoms with Gasteiger partial charge in [-0.2, -0.15) is 0 Å². The Morgan fingerprint density at radius 1 is 0.900 bits per heavy atom. The van der Waals surface area contributed by atoms with Crippen molar-refractivity contribution in [1.29, 1.82) is 0 Å². The summed E-state index contributed by atoms with van der Waals surface area (Å²) < 4.78 is 10.8. The first kappa shape index (κ1) is 14.4. The van der Waals surface area contributed by atoms with Crippen LogP contribution in [0.15, 0.2) is 54.6 Å². The van der Waals surface area contributed by atoms with Gasteiger partial charge in [0.15, 0.2) is 0 Å². The Morgan fingerprint density at radius 2 is 1.70 bits per heavy atom. The molecule has 2 aromatic rings. The van der Waals surface area contributed by atoms with Crippen LogP contribution in [-0.4, -0.2) is 26.8 Å². The molecule has 106 valence electrons. The van der Waals surface area contributed by atoms with Crippen LogP contribution < -0.4 is 14.8 Å². The first-order chi connectivity index (χ1) is 9.88. The molecule has 0 aliphatic heterocycles. The molecule has 0 saturated heterocycles. The molecule has 0 bridgehead atoms. The Kier molecular flexibility index (Phi) is 5.93. The average molecular weight is 271 g/mol. The quantitative estimate of drug-likeness (QED) is 0.749. The number of rotatable bonds is 8. The Hall–Kier alpha value is -2.00. The van der Waals surface area contributed by atoms with Crippen LogP contribution in [0.25, 0.3) is 0 Å². The van der Waals surface area contributed by atoms with E-state index in [-0.39, 0.29) is 0 Å². The summed E-state index contributed by atoms with van der Waals surface area (Å²) in [5.41, 5.74) is 1.28. The number of benzene rings is 2. The van der Waals surface area contributed by atoms with Gasteiger partial charge in [0.1, 0.15) is 18.1 Å². The van der Waals surface area contributed by atoms with E-state index in [2.05, 4.69) is 17.4 Å². The standard InChI is InChI=1S/C17H21NO2/c1-19-17-9-5-6-15(14-17)10-11-18-12-13-20-16-7-3-2-4-8-16/h2-9,14,18H,10-13H2,1H3. The van der Waals surface area contributed by atoms with Gasteiger partial charge in [0.05, 0.1) is 7.11 Å². The van der Waals surface area contributed by atoms with Gasteiger partial charge in [-0.1, -0.05) is 30.3 Å². The molecule has 0 amide bonds. The van der Waals surface area contributed by atoms with Crippen LogP contribution in [0, 0.1) is 0 Å². The van der Waals surface area contributed by atoms with Crippen LogP contribution in [0.3, 0.4) is 0 Å². The number of para-hydroxylation sites is 1. The van der Waals surface area contributed by atoms with E-state index in [1.54, 1.807) is 7.11 Å². The number of hydrogen-bond donors (Lipinski definition) is 1. The monoisotopic (exact) mass is 271 g/mol. The SMILES string of the molecule is COc1cccc(CCNCCOc2ccccc2)c1. The van der Waals surface area contributed by atoms with Gasteiger partial charge in [-0.05, 0) is 42.8 Å². The van der Waals surface area contributed by atoms with Crippen LogP contribution in [0.2, 0.25) is 0 Å². The lowest BCUT2D eigenvalue weighted by Gasteiger charge is -2.08. The minimum atomic E-state index is 0.683. The molecule has 20 heavy (non-hydrogen) atoms. The molecular weight excluding hydrogens is 250 g/mol. The molecule has 0 unspecified atom stereocenters. The fourth-order valence-corrected chi connectivity index (χ4v) is 1.94. The second kappa shape index (κ2) is 8.23. The highest BCUT2D eigenvalue weighted by molar-refractivity contribution is 5.28. The first-order valence-electron chi connectivity index (χ1n) is 6.90. The van der Waals surface area contributed by atoms with Crippen molar-refractivity contribution in [3.8, 4) is 11.5 Å². The second-order valence-electron chi connectivity index (χ2n) is 4.51. The normalized spacial score (nSPS) is 10.2. The van der Waals surface area contributed by atoms with Crippen LogP contribution in [0.4, 0.5) is 0 Å². The Bertz CT molecular complexity index is 499. The zero-order chi connectivity index (χ0) is 14.0. The van der Waals surface area contributed by atoms with Gasteiger partial charge in [0.25, 0.3) is 0 Å². The summed E-state index contributed by atoms with van der Waals surface area (Å²) in [6.07, 6.45) is 0.989. The summed E-state index contributed by atoms with van der Waals surface area (Å²) in [5, 5.41) is 3.38. The molecule has 0 spiro atoms.